The highest BCUT2D eigenvalue weighted by Gasteiger charge is 2.11. The van der Waals surface area contributed by atoms with Gasteiger partial charge in [-0.15, -0.1) is 0 Å². The quantitative estimate of drug-likeness (QED) is 0.634. The van der Waals surface area contributed by atoms with Crippen LogP contribution >= 0.6 is 0 Å². The maximum absolute atomic E-state index is 9.22. The third-order valence-electron chi connectivity index (χ3n) is 1.97. The second-order valence-corrected chi connectivity index (χ2v) is 2.91. The number of aliphatic hydroxyl groups is 1. The minimum Gasteiger partial charge on any atom is -0.509 e. The molecule has 2 nitrogen and oxygen atoms in total. The summed E-state index contributed by atoms with van der Waals surface area (Å²) in [6, 6.07) is 5.85. The molecule has 0 fully saturated rings. The van der Waals surface area contributed by atoms with Crippen LogP contribution in [0.2, 0.25) is 0 Å². The van der Waals surface area contributed by atoms with Crippen molar-refractivity contribution in [1.82, 2.24) is 0 Å². The number of ether oxygens (including phenoxy) is 1. The minimum atomic E-state index is 0.288. The van der Waals surface area contributed by atoms with Gasteiger partial charge in [-0.2, -0.15) is 0 Å². The predicted octanol–water partition coefficient (Wildman–Crippen LogP) is 2.29. The second-order valence-electron chi connectivity index (χ2n) is 2.91. The second kappa shape index (κ2) is 2.55. The summed E-state index contributed by atoms with van der Waals surface area (Å²) in [5, 5.41) is 9.22. The molecule has 1 aliphatic heterocycles. The molecule has 1 aromatic carbocycles. The highest BCUT2D eigenvalue weighted by Crippen LogP contribution is 2.27. The summed E-state index contributed by atoms with van der Waals surface area (Å²) in [6.07, 6.45) is 1.76. The Balaban J connectivity index is 2.59. The van der Waals surface area contributed by atoms with Gasteiger partial charge in [-0.05, 0) is 24.6 Å². The molecular formula is C10H10O2. The van der Waals surface area contributed by atoms with Gasteiger partial charge in [0, 0.05) is 5.56 Å². The predicted molar refractivity (Wildman–Crippen MR) is 47.3 cm³/mol. The Labute approximate surface area is 71.1 Å². The summed E-state index contributed by atoms with van der Waals surface area (Å²) < 4.78 is 5.30. The number of aliphatic hydroxyl groups excluding tert-OH is 1. The Morgan fingerprint density at radius 3 is 3.08 bits per heavy atom. The number of fused-ring (bicyclic) bond motifs is 1. The van der Waals surface area contributed by atoms with Crippen LogP contribution in [-0.4, -0.2) is 11.7 Å². The minimum absolute atomic E-state index is 0.288. The van der Waals surface area contributed by atoms with E-state index in [9.17, 15) is 5.11 Å². The van der Waals surface area contributed by atoms with Crippen LogP contribution in [0.1, 0.15) is 11.1 Å². The highest BCUT2D eigenvalue weighted by molar-refractivity contribution is 5.63. The number of rotatable bonds is 0. The smallest absolute Gasteiger partial charge is 0.145 e. The normalized spacial score (nSPS) is 14.6. The van der Waals surface area contributed by atoms with E-state index in [-0.39, 0.29) is 12.4 Å². The molecule has 1 heterocycles. The first-order valence-electron chi connectivity index (χ1n) is 3.89. The fraction of sp³-hybridized carbons (Fsp3) is 0.200. The van der Waals surface area contributed by atoms with Crippen LogP contribution in [0, 0.1) is 6.92 Å². The van der Waals surface area contributed by atoms with Gasteiger partial charge in [-0.25, -0.2) is 0 Å². The van der Waals surface area contributed by atoms with Gasteiger partial charge in [0.15, 0.2) is 0 Å². The van der Waals surface area contributed by atoms with E-state index in [0.29, 0.717) is 0 Å². The van der Waals surface area contributed by atoms with Crippen LogP contribution < -0.4 is 4.74 Å². The third-order valence-corrected chi connectivity index (χ3v) is 1.97. The molecular weight excluding hydrogens is 152 g/mol. The molecule has 0 saturated carbocycles. The standard InChI is InChI=1S/C10H10O2/c1-7-3-2-4-10-9(7)5-8(11)6-12-10/h2-5,11H,6H2,1H3. The Bertz CT molecular complexity index is 340. The first-order chi connectivity index (χ1) is 5.77. The summed E-state index contributed by atoms with van der Waals surface area (Å²) in [7, 11) is 0. The first-order valence-corrected chi connectivity index (χ1v) is 3.89. The summed E-state index contributed by atoms with van der Waals surface area (Å²) >= 11 is 0. The van der Waals surface area contributed by atoms with E-state index in [1.54, 1.807) is 6.08 Å². The Hall–Kier alpha value is -1.44. The van der Waals surface area contributed by atoms with Gasteiger partial charge in [0.1, 0.15) is 18.1 Å². The molecule has 1 aromatic rings. The number of hydrogen-bond acceptors (Lipinski definition) is 2. The van der Waals surface area contributed by atoms with Crippen molar-refractivity contribution in [3.8, 4) is 5.75 Å². The van der Waals surface area contributed by atoms with Gasteiger partial charge in [0.2, 0.25) is 0 Å². The molecule has 0 bridgehead atoms. The largest absolute Gasteiger partial charge is 0.509 e. The fourth-order valence-corrected chi connectivity index (χ4v) is 1.32. The molecule has 0 saturated heterocycles. The van der Waals surface area contributed by atoms with Gasteiger partial charge in [-0.1, -0.05) is 12.1 Å². The maximum Gasteiger partial charge on any atom is 0.145 e. The average molecular weight is 162 g/mol. The third kappa shape index (κ3) is 1.05. The summed E-state index contributed by atoms with van der Waals surface area (Å²) in [6.45, 7) is 2.29. The van der Waals surface area contributed by atoms with E-state index < -0.39 is 0 Å². The molecule has 2 rings (SSSR count). The van der Waals surface area contributed by atoms with Crippen LogP contribution in [-0.2, 0) is 0 Å². The molecule has 2 heteroatoms. The zero-order chi connectivity index (χ0) is 8.55. The van der Waals surface area contributed by atoms with Crippen molar-refractivity contribution in [2.24, 2.45) is 0 Å². The number of hydrogen-bond donors (Lipinski definition) is 1. The topological polar surface area (TPSA) is 29.5 Å². The van der Waals surface area contributed by atoms with Crippen molar-refractivity contribution in [3.05, 3.63) is 35.1 Å². The Kier molecular flexibility index (Phi) is 1.54. The molecule has 62 valence electrons. The van der Waals surface area contributed by atoms with E-state index in [4.69, 9.17) is 4.74 Å². The molecule has 0 aromatic heterocycles. The molecule has 0 amide bonds. The lowest BCUT2D eigenvalue weighted by molar-refractivity contribution is 0.267. The van der Waals surface area contributed by atoms with Crippen molar-refractivity contribution in [2.75, 3.05) is 6.61 Å². The van der Waals surface area contributed by atoms with E-state index in [2.05, 4.69) is 0 Å². The first kappa shape index (κ1) is 7.22. The van der Waals surface area contributed by atoms with Crippen LogP contribution in [0.4, 0.5) is 0 Å². The number of benzene rings is 1. The molecule has 0 unspecified atom stereocenters. The summed E-state index contributed by atoms with van der Waals surface area (Å²) in [5.74, 6) is 1.14. The Morgan fingerprint density at radius 1 is 1.42 bits per heavy atom. The Morgan fingerprint density at radius 2 is 2.25 bits per heavy atom. The lowest BCUT2D eigenvalue weighted by Crippen LogP contribution is -2.07. The molecule has 0 radical (unpaired) electrons. The lowest BCUT2D eigenvalue weighted by atomic mass is 10.1. The maximum atomic E-state index is 9.22. The highest BCUT2D eigenvalue weighted by atomic mass is 16.5. The zero-order valence-electron chi connectivity index (χ0n) is 6.87. The average Bonchev–Trinajstić information content (AvgIpc) is 2.07. The van der Waals surface area contributed by atoms with Crippen LogP contribution in [0.15, 0.2) is 24.0 Å². The zero-order valence-corrected chi connectivity index (χ0v) is 6.87. The molecule has 1 aliphatic rings. The van der Waals surface area contributed by atoms with E-state index in [0.717, 1.165) is 16.9 Å². The van der Waals surface area contributed by atoms with Gasteiger partial charge < -0.3 is 9.84 Å². The van der Waals surface area contributed by atoms with Gasteiger partial charge in [-0.3, -0.25) is 0 Å². The molecule has 0 atom stereocenters. The fourth-order valence-electron chi connectivity index (χ4n) is 1.32. The molecule has 12 heavy (non-hydrogen) atoms. The summed E-state index contributed by atoms with van der Waals surface area (Å²) in [5.41, 5.74) is 2.11. The van der Waals surface area contributed by atoms with Crippen molar-refractivity contribution < 1.29 is 9.84 Å². The van der Waals surface area contributed by atoms with E-state index in [1.807, 2.05) is 25.1 Å². The van der Waals surface area contributed by atoms with Crippen molar-refractivity contribution in [2.45, 2.75) is 6.92 Å². The van der Waals surface area contributed by atoms with Crippen LogP contribution in [0.3, 0.4) is 0 Å². The summed E-state index contributed by atoms with van der Waals surface area (Å²) in [4.78, 5) is 0. The molecule has 0 spiro atoms. The van der Waals surface area contributed by atoms with Crippen molar-refractivity contribution in [1.29, 1.82) is 0 Å². The molecule has 0 aliphatic carbocycles. The van der Waals surface area contributed by atoms with Crippen molar-refractivity contribution in [3.63, 3.8) is 0 Å². The van der Waals surface area contributed by atoms with Gasteiger partial charge >= 0.3 is 0 Å². The lowest BCUT2D eigenvalue weighted by Gasteiger charge is -2.15. The van der Waals surface area contributed by atoms with Crippen LogP contribution in [0.25, 0.3) is 6.08 Å². The van der Waals surface area contributed by atoms with E-state index in [1.165, 1.54) is 0 Å². The van der Waals surface area contributed by atoms with Gasteiger partial charge in [0.05, 0.1) is 0 Å². The number of aryl methyl sites for hydroxylation is 1. The van der Waals surface area contributed by atoms with E-state index >= 15 is 0 Å². The van der Waals surface area contributed by atoms with Crippen molar-refractivity contribution >= 4 is 6.08 Å². The van der Waals surface area contributed by atoms with Gasteiger partial charge in [0.25, 0.3) is 0 Å². The SMILES string of the molecule is Cc1cccc2c1C=C(O)CO2. The monoisotopic (exact) mass is 162 g/mol. The van der Waals surface area contributed by atoms with Crippen LogP contribution in [0.5, 0.6) is 5.75 Å². The molecule has 1 N–H and O–H groups in total.